The minimum atomic E-state index is -2.89. The van der Waals surface area contributed by atoms with Crippen molar-refractivity contribution in [2.45, 2.75) is 25.2 Å². The molecule has 1 saturated heterocycles. The van der Waals surface area contributed by atoms with Gasteiger partial charge in [0.15, 0.2) is 0 Å². The van der Waals surface area contributed by atoms with Gasteiger partial charge in [0.2, 0.25) is 6.30 Å². The SMILES string of the molecule is CNC1CCN(C(F)C(F)F)C1. The van der Waals surface area contributed by atoms with Crippen molar-refractivity contribution in [3.05, 3.63) is 0 Å². The summed E-state index contributed by atoms with van der Waals surface area (Å²) in [4.78, 5) is 1.17. The maximum atomic E-state index is 12.7. The summed E-state index contributed by atoms with van der Waals surface area (Å²) in [5.41, 5.74) is 0. The molecule has 2 unspecified atom stereocenters. The molecule has 0 aromatic carbocycles. The van der Waals surface area contributed by atoms with E-state index < -0.39 is 12.7 Å². The summed E-state index contributed by atoms with van der Waals surface area (Å²) in [5, 5.41) is 2.93. The summed E-state index contributed by atoms with van der Waals surface area (Å²) < 4.78 is 36.4. The van der Waals surface area contributed by atoms with E-state index in [2.05, 4.69) is 5.32 Å². The van der Waals surface area contributed by atoms with Crippen LogP contribution in [0.1, 0.15) is 6.42 Å². The summed E-state index contributed by atoms with van der Waals surface area (Å²) in [6, 6.07) is 0.155. The molecule has 0 radical (unpaired) electrons. The second kappa shape index (κ2) is 4.09. The van der Waals surface area contributed by atoms with Crippen LogP contribution in [0.15, 0.2) is 0 Å². The Balaban J connectivity index is 2.35. The molecule has 72 valence electrons. The molecular weight excluding hydrogens is 169 g/mol. The van der Waals surface area contributed by atoms with Crippen LogP contribution in [0.5, 0.6) is 0 Å². The highest BCUT2D eigenvalue weighted by atomic mass is 19.3. The predicted octanol–water partition coefficient (Wildman–Crippen LogP) is 0.841. The predicted molar refractivity (Wildman–Crippen MR) is 39.9 cm³/mol. The topological polar surface area (TPSA) is 15.3 Å². The molecule has 0 amide bonds. The van der Waals surface area contributed by atoms with E-state index in [4.69, 9.17) is 0 Å². The molecule has 1 N–H and O–H groups in total. The maximum absolute atomic E-state index is 12.7. The number of nitrogens with one attached hydrogen (secondary N) is 1. The van der Waals surface area contributed by atoms with Crippen LogP contribution in [0.4, 0.5) is 13.2 Å². The molecule has 2 nitrogen and oxygen atoms in total. The first-order chi connectivity index (χ1) is 5.65. The molecule has 0 aromatic heterocycles. The van der Waals surface area contributed by atoms with Crippen molar-refractivity contribution in [3.8, 4) is 0 Å². The van der Waals surface area contributed by atoms with Gasteiger partial charge in [-0.05, 0) is 13.5 Å². The first-order valence-electron chi connectivity index (χ1n) is 3.98. The lowest BCUT2D eigenvalue weighted by Gasteiger charge is -2.19. The Morgan fingerprint density at radius 1 is 1.42 bits per heavy atom. The van der Waals surface area contributed by atoms with Gasteiger partial charge < -0.3 is 5.32 Å². The first kappa shape index (κ1) is 9.80. The highest BCUT2D eigenvalue weighted by Gasteiger charge is 2.32. The normalized spacial score (nSPS) is 28.2. The highest BCUT2D eigenvalue weighted by molar-refractivity contribution is 4.81. The maximum Gasteiger partial charge on any atom is 0.282 e. The quantitative estimate of drug-likeness (QED) is 0.651. The number of halogens is 3. The van der Waals surface area contributed by atoms with E-state index in [9.17, 15) is 13.2 Å². The molecular formula is C7H13F3N2. The summed E-state index contributed by atoms with van der Waals surface area (Å²) >= 11 is 0. The zero-order valence-corrected chi connectivity index (χ0v) is 6.93. The van der Waals surface area contributed by atoms with Crippen molar-refractivity contribution in [2.75, 3.05) is 20.1 Å². The Morgan fingerprint density at radius 2 is 2.08 bits per heavy atom. The number of rotatable bonds is 3. The smallest absolute Gasteiger partial charge is 0.282 e. The van der Waals surface area contributed by atoms with Crippen molar-refractivity contribution in [1.29, 1.82) is 0 Å². The number of likely N-dealkylation sites (N-methyl/N-ethyl adjacent to an activating group) is 1. The van der Waals surface area contributed by atoms with Gasteiger partial charge in [-0.25, -0.2) is 13.2 Å². The molecule has 0 spiro atoms. The minimum absolute atomic E-state index is 0.155. The average molecular weight is 182 g/mol. The van der Waals surface area contributed by atoms with E-state index >= 15 is 0 Å². The number of likely N-dealkylation sites (tertiary alicyclic amines) is 1. The van der Waals surface area contributed by atoms with E-state index in [0.717, 1.165) is 6.42 Å². The van der Waals surface area contributed by atoms with Gasteiger partial charge in [-0.1, -0.05) is 0 Å². The number of hydrogen-bond acceptors (Lipinski definition) is 2. The zero-order chi connectivity index (χ0) is 9.14. The van der Waals surface area contributed by atoms with Crippen LogP contribution in [0.3, 0.4) is 0 Å². The van der Waals surface area contributed by atoms with Gasteiger partial charge in [-0.3, -0.25) is 4.90 Å². The largest absolute Gasteiger partial charge is 0.316 e. The Labute approximate surface area is 69.7 Å². The first-order valence-corrected chi connectivity index (χ1v) is 3.98. The van der Waals surface area contributed by atoms with Gasteiger partial charge in [0.1, 0.15) is 0 Å². The monoisotopic (exact) mass is 182 g/mol. The molecule has 12 heavy (non-hydrogen) atoms. The van der Waals surface area contributed by atoms with E-state index in [1.807, 2.05) is 0 Å². The minimum Gasteiger partial charge on any atom is -0.316 e. The van der Waals surface area contributed by atoms with Crippen molar-refractivity contribution in [2.24, 2.45) is 0 Å². The third-order valence-corrected chi connectivity index (χ3v) is 2.18. The van der Waals surface area contributed by atoms with Crippen LogP contribution in [0, 0.1) is 0 Å². The lowest BCUT2D eigenvalue weighted by molar-refractivity contribution is -0.0390. The molecule has 0 bridgehead atoms. The van der Waals surface area contributed by atoms with Crippen molar-refractivity contribution in [3.63, 3.8) is 0 Å². The van der Waals surface area contributed by atoms with Crippen LogP contribution in [-0.2, 0) is 0 Å². The van der Waals surface area contributed by atoms with E-state index in [-0.39, 0.29) is 6.04 Å². The fourth-order valence-electron chi connectivity index (χ4n) is 1.41. The summed E-state index contributed by atoms with van der Waals surface area (Å²) in [6.45, 7) is 0.791. The van der Waals surface area contributed by atoms with Crippen LogP contribution < -0.4 is 5.32 Å². The van der Waals surface area contributed by atoms with Gasteiger partial charge in [0, 0.05) is 19.1 Å². The lowest BCUT2D eigenvalue weighted by Crippen LogP contribution is -2.37. The third-order valence-electron chi connectivity index (χ3n) is 2.18. The van der Waals surface area contributed by atoms with E-state index in [1.165, 1.54) is 4.90 Å². The zero-order valence-electron chi connectivity index (χ0n) is 6.93. The molecule has 1 rings (SSSR count). The summed E-state index contributed by atoms with van der Waals surface area (Å²) in [7, 11) is 1.75. The van der Waals surface area contributed by atoms with Crippen LogP contribution in [0.25, 0.3) is 0 Å². The van der Waals surface area contributed by atoms with Crippen LogP contribution in [0.2, 0.25) is 0 Å². The average Bonchev–Trinajstić information content (AvgIpc) is 2.50. The van der Waals surface area contributed by atoms with Crippen molar-refractivity contribution in [1.82, 2.24) is 10.2 Å². The molecule has 0 aromatic rings. The third kappa shape index (κ3) is 2.10. The Hall–Kier alpha value is -0.290. The van der Waals surface area contributed by atoms with Gasteiger partial charge in [-0.2, -0.15) is 0 Å². The molecule has 0 aliphatic carbocycles. The standard InChI is InChI=1S/C7H13F3N2/c1-11-5-2-3-12(4-5)7(10)6(8)9/h5-7,11H,2-4H2,1H3. The summed E-state index contributed by atoms with van der Waals surface area (Å²) in [6.07, 6.45) is -4.24. The highest BCUT2D eigenvalue weighted by Crippen LogP contribution is 2.17. The van der Waals surface area contributed by atoms with Gasteiger partial charge in [0.25, 0.3) is 6.43 Å². The van der Waals surface area contributed by atoms with Gasteiger partial charge in [-0.15, -0.1) is 0 Å². The van der Waals surface area contributed by atoms with Crippen LogP contribution in [-0.4, -0.2) is 43.8 Å². The molecule has 2 atom stereocenters. The second-order valence-corrected chi connectivity index (χ2v) is 2.98. The van der Waals surface area contributed by atoms with E-state index in [0.29, 0.717) is 13.1 Å². The molecule has 1 aliphatic heterocycles. The molecule has 1 fully saturated rings. The van der Waals surface area contributed by atoms with Crippen molar-refractivity contribution < 1.29 is 13.2 Å². The number of hydrogen-bond donors (Lipinski definition) is 1. The van der Waals surface area contributed by atoms with Gasteiger partial charge in [0.05, 0.1) is 0 Å². The molecule has 1 heterocycles. The summed E-state index contributed by atoms with van der Waals surface area (Å²) in [5.74, 6) is 0. The fourth-order valence-corrected chi connectivity index (χ4v) is 1.41. The molecule has 1 aliphatic rings. The lowest BCUT2D eigenvalue weighted by atomic mass is 10.3. The molecule has 5 heteroatoms. The second-order valence-electron chi connectivity index (χ2n) is 2.98. The fraction of sp³-hybridized carbons (Fsp3) is 1.00. The van der Waals surface area contributed by atoms with Crippen LogP contribution >= 0.6 is 0 Å². The molecule has 0 saturated carbocycles. The Kier molecular flexibility index (Phi) is 3.34. The number of nitrogens with zero attached hydrogens (tertiary/aromatic N) is 1. The van der Waals surface area contributed by atoms with Gasteiger partial charge >= 0.3 is 0 Å². The Morgan fingerprint density at radius 3 is 2.50 bits per heavy atom. The Bertz CT molecular complexity index is 143. The van der Waals surface area contributed by atoms with E-state index in [1.54, 1.807) is 7.05 Å². The number of alkyl halides is 3. The van der Waals surface area contributed by atoms with Crippen molar-refractivity contribution >= 4 is 0 Å².